The Labute approximate surface area is 161 Å². The van der Waals surface area contributed by atoms with Gasteiger partial charge in [-0.25, -0.2) is 0 Å². The lowest BCUT2D eigenvalue weighted by atomic mass is 9.38. The summed E-state index contributed by atoms with van der Waals surface area (Å²) in [4.78, 5) is 24.0. The number of aliphatic hydroxyl groups is 1. The summed E-state index contributed by atoms with van der Waals surface area (Å²) in [5.74, 6) is -0.879. The molecule has 7 atom stereocenters. The van der Waals surface area contributed by atoms with Crippen molar-refractivity contribution in [2.24, 2.45) is 28.1 Å². The number of carbonyl (C=O) groups is 2. The van der Waals surface area contributed by atoms with Crippen LogP contribution in [0.4, 0.5) is 0 Å². The Hall–Kier alpha value is -1.36. The number of carboxylic acids is 1. The molecule has 27 heavy (non-hydrogen) atoms. The first-order chi connectivity index (χ1) is 12.5. The van der Waals surface area contributed by atoms with Gasteiger partial charge >= 0.3 is 11.9 Å². The number of carboxylic acid groups (broad SMARTS) is 1. The van der Waals surface area contributed by atoms with Gasteiger partial charge in [-0.1, -0.05) is 19.9 Å². The van der Waals surface area contributed by atoms with Crippen molar-refractivity contribution in [1.29, 1.82) is 0 Å². The maximum atomic E-state index is 12.3. The lowest BCUT2D eigenvalue weighted by Crippen LogP contribution is -2.71. The van der Waals surface area contributed by atoms with Crippen LogP contribution >= 0.6 is 0 Å². The Balaban J connectivity index is 1.84. The first-order valence-electron chi connectivity index (χ1n) is 10.3. The minimum absolute atomic E-state index is 0.0738. The second-order valence-electron chi connectivity index (χ2n) is 10.1. The van der Waals surface area contributed by atoms with Crippen molar-refractivity contribution in [3.63, 3.8) is 0 Å². The second-order valence-corrected chi connectivity index (χ2v) is 10.1. The molecule has 2 bridgehead atoms. The van der Waals surface area contributed by atoms with Crippen LogP contribution in [0.3, 0.4) is 0 Å². The molecule has 4 aliphatic rings. The molecular formula is C22H32O5. The maximum absolute atomic E-state index is 12.3. The molecule has 0 unspecified atom stereocenters. The first-order valence-corrected chi connectivity index (χ1v) is 10.3. The molecule has 5 nitrogen and oxygen atoms in total. The molecule has 0 saturated heterocycles. The van der Waals surface area contributed by atoms with Crippen LogP contribution in [0, 0.1) is 28.1 Å². The summed E-state index contributed by atoms with van der Waals surface area (Å²) in [5, 5.41) is 22.3. The summed E-state index contributed by atoms with van der Waals surface area (Å²) in [5.41, 5.74) is -1.92. The third-order valence-electron chi connectivity index (χ3n) is 9.18. The molecule has 4 aliphatic carbocycles. The molecule has 150 valence electrons. The van der Waals surface area contributed by atoms with Gasteiger partial charge in [0.2, 0.25) is 0 Å². The van der Waals surface area contributed by atoms with E-state index in [2.05, 4.69) is 13.5 Å². The monoisotopic (exact) mass is 376 g/mol. The number of hydrogen-bond acceptors (Lipinski definition) is 4. The van der Waals surface area contributed by atoms with Crippen molar-refractivity contribution in [3.05, 3.63) is 12.2 Å². The second kappa shape index (κ2) is 5.59. The highest BCUT2D eigenvalue weighted by atomic mass is 16.5. The zero-order valence-corrected chi connectivity index (χ0v) is 16.7. The SMILES string of the molecule is C=C1[C@@H]2CC[C@]3(O)[C@@](CC[C@H]4[C@](C)(C(=O)O)CCC[C@]43C)(C2)[C@@H]1OC(C)=O. The van der Waals surface area contributed by atoms with E-state index in [9.17, 15) is 19.8 Å². The van der Waals surface area contributed by atoms with Gasteiger partial charge in [-0.15, -0.1) is 0 Å². The number of esters is 1. The van der Waals surface area contributed by atoms with Gasteiger partial charge < -0.3 is 14.9 Å². The highest BCUT2D eigenvalue weighted by Gasteiger charge is 2.75. The van der Waals surface area contributed by atoms with Crippen LogP contribution in [0.1, 0.15) is 72.1 Å². The molecule has 0 amide bonds. The first kappa shape index (κ1) is 19.0. The Bertz CT molecular complexity index is 715. The third kappa shape index (κ3) is 2.10. The quantitative estimate of drug-likeness (QED) is 0.567. The molecule has 5 heteroatoms. The number of ether oxygens (including phenoxy) is 1. The minimum atomic E-state index is -1.03. The molecule has 0 aliphatic heterocycles. The average Bonchev–Trinajstić information content (AvgIpc) is 2.80. The van der Waals surface area contributed by atoms with Crippen LogP contribution in [0.25, 0.3) is 0 Å². The molecular weight excluding hydrogens is 344 g/mol. The van der Waals surface area contributed by atoms with E-state index in [4.69, 9.17) is 4.74 Å². The van der Waals surface area contributed by atoms with E-state index in [1.165, 1.54) is 6.92 Å². The summed E-state index contributed by atoms with van der Waals surface area (Å²) in [6.07, 6.45) is 5.54. The van der Waals surface area contributed by atoms with Gasteiger partial charge in [0.25, 0.3) is 0 Å². The van der Waals surface area contributed by atoms with Crippen LogP contribution < -0.4 is 0 Å². The van der Waals surface area contributed by atoms with Crippen LogP contribution in [0.15, 0.2) is 12.2 Å². The standard InChI is InChI=1S/C22H32O5/c1-13-15-6-11-22(26)20(4)9-5-8-19(3,18(24)25)16(20)7-10-21(22,12-15)17(13)27-14(2)23/h15-17,26H,1,5-12H2,2-4H3,(H,24,25)/t15-,16+,17-,19-,20-,21+,22-/m1/s1. The van der Waals surface area contributed by atoms with Crippen molar-refractivity contribution < 1.29 is 24.5 Å². The Morgan fingerprint density at radius 2 is 1.85 bits per heavy atom. The number of aliphatic carboxylic acids is 1. The summed E-state index contributed by atoms with van der Waals surface area (Å²) in [6.45, 7) is 9.63. The summed E-state index contributed by atoms with van der Waals surface area (Å²) >= 11 is 0. The lowest BCUT2D eigenvalue weighted by molar-refractivity contribution is -0.278. The highest BCUT2D eigenvalue weighted by molar-refractivity contribution is 5.75. The number of rotatable bonds is 2. The zero-order valence-electron chi connectivity index (χ0n) is 16.7. The van der Waals surface area contributed by atoms with Gasteiger partial charge in [-0.3, -0.25) is 9.59 Å². The predicted octanol–water partition coefficient (Wildman–Crippen LogP) is 3.70. The molecule has 0 aromatic heterocycles. The van der Waals surface area contributed by atoms with Crippen molar-refractivity contribution in [2.75, 3.05) is 0 Å². The van der Waals surface area contributed by atoms with Gasteiger partial charge in [0.15, 0.2) is 0 Å². The van der Waals surface area contributed by atoms with Crippen molar-refractivity contribution in [3.8, 4) is 0 Å². The van der Waals surface area contributed by atoms with Crippen LogP contribution in [0.2, 0.25) is 0 Å². The third-order valence-corrected chi connectivity index (χ3v) is 9.18. The smallest absolute Gasteiger partial charge is 0.309 e. The fraction of sp³-hybridized carbons (Fsp3) is 0.818. The van der Waals surface area contributed by atoms with Gasteiger partial charge in [-0.05, 0) is 69.3 Å². The van der Waals surface area contributed by atoms with Gasteiger partial charge in [0.05, 0.1) is 11.0 Å². The van der Waals surface area contributed by atoms with Gasteiger partial charge in [-0.2, -0.15) is 0 Å². The maximum Gasteiger partial charge on any atom is 0.309 e. The van der Waals surface area contributed by atoms with Crippen LogP contribution in [-0.2, 0) is 14.3 Å². The van der Waals surface area contributed by atoms with E-state index in [0.29, 0.717) is 19.3 Å². The van der Waals surface area contributed by atoms with Gasteiger partial charge in [0, 0.05) is 17.8 Å². The van der Waals surface area contributed by atoms with E-state index >= 15 is 0 Å². The largest absolute Gasteiger partial charge is 0.481 e. The number of fused-ring (bicyclic) bond motifs is 3. The molecule has 0 aromatic carbocycles. The predicted molar refractivity (Wildman–Crippen MR) is 99.8 cm³/mol. The molecule has 0 radical (unpaired) electrons. The average molecular weight is 376 g/mol. The summed E-state index contributed by atoms with van der Waals surface area (Å²) < 4.78 is 5.77. The molecule has 0 aromatic rings. The van der Waals surface area contributed by atoms with Crippen molar-refractivity contribution in [2.45, 2.75) is 83.8 Å². The lowest BCUT2D eigenvalue weighted by Gasteiger charge is -2.68. The number of carbonyl (C=O) groups excluding carboxylic acids is 1. The highest BCUT2D eigenvalue weighted by Crippen LogP contribution is 2.74. The topological polar surface area (TPSA) is 83.8 Å². The van der Waals surface area contributed by atoms with Gasteiger partial charge in [0.1, 0.15) is 6.10 Å². The number of hydrogen-bond donors (Lipinski definition) is 2. The fourth-order valence-electron chi connectivity index (χ4n) is 7.87. The molecule has 0 heterocycles. The summed E-state index contributed by atoms with van der Waals surface area (Å²) in [6, 6.07) is 0. The van der Waals surface area contributed by atoms with E-state index in [1.54, 1.807) is 0 Å². The zero-order chi connectivity index (χ0) is 19.8. The van der Waals surface area contributed by atoms with Crippen LogP contribution in [0.5, 0.6) is 0 Å². The molecule has 1 spiro atoms. The normalized spacial score (nSPS) is 51.3. The molecule has 2 N–H and O–H groups in total. The van der Waals surface area contributed by atoms with E-state index in [0.717, 1.165) is 37.7 Å². The van der Waals surface area contributed by atoms with E-state index in [-0.39, 0.29) is 17.8 Å². The van der Waals surface area contributed by atoms with Crippen molar-refractivity contribution in [1.82, 2.24) is 0 Å². The van der Waals surface area contributed by atoms with Crippen molar-refractivity contribution >= 4 is 11.9 Å². The summed E-state index contributed by atoms with van der Waals surface area (Å²) in [7, 11) is 0. The molecule has 4 saturated carbocycles. The fourth-order valence-corrected chi connectivity index (χ4v) is 7.87. The molecule has 4 rings (SSSR count). The Morgan fingerprint density at radius 1 is 1.15 bits per heavy atom. The Kier molecular flexibility index (Phi) is 3.93. The molecule has 4 fully saturated rings. The van der Waals surface area contributed by atoms with E-state index in [1.807, 2.05) is 6.92 Å². The van der Waals surface area contributed by atoms with Crippen LogP contribution in [-0.4, -0.2) is 33.9 Å². The minimum Gasteiger partial charge on any atom is -0.481 e. The van der Waals surface area contributed by atoms with E-state index < -0.39 is 33.9 Å². The Morgan fingerprint density at radius 3 is 2.48 bits per heavy atom.